The van der Waals surface area contributed by atoms with Gasteiger partial charge in [-0.25, -0.2) is 0 Å². The van der Waals surface area contributed by atoms with E-state index in [0.29, 0.717) is 6.04 Å². The van der Waals surface area contributed by atoms with Gasteiger partial charge in [0.1, 0.15) is 0 Å². The van der Waals surface area contributed by atoms with Gasteiger partial charge in [-0.15, -0.1) is 24.8 Å². The van der Waals surface area contributed by atoms with Crippen LogP contribution in [0, 0.1) is 11.8 Å². The SMILES string of the molecule is CC(C)N1CCN(c2ccc(C(=O)N3CC[C@@H]4CNC[C@@H]4CC3)cc2)CC1.Cl.Cl. The minimum Gasteiger partial charge on any atom is -0.369 e. The van der Waals surface area contributed by atoms with Crippen molar-refractivity contribution in [2.24, 2.45) is 11.8 Å². The van der Waals surface area contributed by atoms with Crippen LogP contribution in [0.4, 0.5) is 5.69 Å². The van der Waals surface area contributed by atoms with Gasteiger partial charge in [0.15, 0.2) is 0 Å². The third-order valence-corrected chi connectivity index (χ3v) is 6.83. The molecule has 2 atom stereocenters. The molecule has 0 unspecified atom stereocenters. The first-order valence-corrected chi connectivity index (χ1v) is 10.7. The van der Waals surface area contributed by atoms with Crippen LogP contribution in [0.25, 0.3) is 0 Å². The number of likely N-dealkylation sites (tertiary alicyclic amines) is 1. The lowest BCUT2D eigenvalue weighted by Gasteiger charge is -2.38. The van der Waals surface area contributed by atoms with Gasteiger partial charge in [-0.1, -0.05) is 0 Å². The quantitative estimate of drug-likeness (QED) is 0.779. The summed E-state index contributed by atoms with van der Waals surface area (Å²) in [5.74, 6) is 1.73. The van der Waals surface area contributed by atoms with Crippen LogP contribution in [0.1, 0.15) is 37.0 Å². The van der Waals surface area contributed by atoms with E-state index in [1.54, 1.807) is 0 Å². The van der Waals surface area contributed by atoms with Crippen LogP contribution < -0.4 is 10.2 Å². The summed E-state index contributed by atoms with van der Waals surface area (Å²) in [6, 6.07) is 8.94. The van der Waals surface area contributed by atoms with E-state index in [9.17, 15) is 4.79 Å². The lowest BCUT2D eigenvalue weighted by molar-refractivity contribution is 0.0758. The van der Waals surface area contributed by atoms with E-state index in [4.69, 9.17) is 0 Å². The average Bonchev–Trinajstić information content (AvgIpc) is 3.06. The number of hydrogen-bond acceptors (Lipinski definition) is 4. The van der Waals surface area contributed by atoms with Crippen molar-refractivity contribution in [2.75, 3.05) is 57.3 Å². The molecule has 4 rings (SSSR count). The number of carbonyl (C=O) groups is 1. The highest BCUT2D eigenvalue weighted by molar-refractivity contribution is 5.94. The Morgan fingerprint density at radius 3 is 1.97 bits per heavy atom. The number of piperazine rings is 1. The number of amides is 1. The van der Waals surface area contributed by atoms with Crippen molar-refractivity contribution < 1.29 is 4.79 Å². The van der Waals surface area contributed by atoms with Crippen molar-refractivity contribution in [1.82, 2.24) is 15.1 Å². The van der Waals surface area contributed by atoms with E-state index in [-0.39, 0.29) is 30.7 Å². The predicted molar refractivity (Wildman–Crippen MR) is 125 cm³/mol. The third kappa shape index (κ3) is 5.57. The number of benzene rings is 1. The van der Waals surface area contributed by atoms with Crippen molar-refractivity contribution in [1.29, 1.82) is 0 Å². The molecule has 0 aliphatic carbocycles. The van der Waals surface area contributed by atoms with Gasteiger partial charge >= 0.3 is 0 Å². The zero-order valence-corrected chi connectivity index (χ0v) is 19.3. The van der Waals surface area contributed by atoms with Gasteiger partial charge in [0.2, 0.25) is 0 Å². The maximum Gasteiger partial charge on any atom is 0.253 e. The molecule has 164 valence electrons. The van der Waals surface area contributed by atoms with Gasteiger partial charge in [0.25, 0.3) is 5.91 Å². The van der Waals surface area contributed by atoms with Crippen LogP contribution in [-0.2, 0) is 0 Å². The van der Waals surface area contributed by atoms with E-state index in [1.807, 2.05) is 12.1 Å². The van der Waals surface area contributed by atoms with Gasteiger partial charge in [-0.3, -0.25) is 9.69 Å². The summed E-state index contributed by atoms with van der Waals surface area (Å²) in [6.07, 6.45) is 2.28. The summed E-state index contributed by atoms with van der Waals surface area (Å²) in [5.41, 5.74) is 2.08. The number of carbonyl (C=O) groups excluding carboxylic acids is 1. The van der Waals surface area contributed by atoms with Gasteiger partial charge in [0.05, 0.1) is 0 Å². The number of anilines is 1. The van der Waals surface area contributed by atoms with Gasteiger partial charge < -0.3 is 15.1 Å². The molecular weight excluding hydrogens is 407 g/mol. The highest BCUT2D eigenvalue weighted by Gasteiger charge is 2.31. The Bertz CT molecular complexity index is 633. The molecule has 29 heavy (non-hydrogen) atoms. The fraction of sp³-hybridized carbons (Fsp3) is 0.682. The lowest BCUT2D eigenvalue weighted by Crippen LogP contribution is -2.48. The Balaban J connectivity index is 0.00000150. The molecule has 3 aliphatic rings. The molecule has 1 aromatic rings. The molecule has 3 aliphatic heterocycles. The van der Waals surface area contributed by atoms with Crippen molar-refractivity contribution in [3.8, 4) is 0 Å². The summed E-state index contributed by atoms with van der Waals surface area (Å²) in [6.45, 7) is 13.0. The van der Waals surface area contributed by atoms with E-state index in [1.165, 1.54) is 5.69 Å². The minimum atomic E-state index is 0. The van der Waals surface area contributed by atoms with Gasteiger partial charge in [-0.2, -0.15) is 0 Å². The summed E-state index contributed by atoms with van der Waals surface area (Å²) in [5, 5.41) is 3.50. The van der Waals surface area contributed by atoms with Crippen molar-refractivity contribution >= 4 is 36.4 Å². The monoisotopic (exact) mass is 442 g/mol. The molecule has 0 radical (unpaired) electrons. The second-order valence-electron chi connectivity index (χ2n) is 8.71. The van der Waals surface area contributed by atoms with Crippen LogP contribution in [0.5, 0.6) is 0 Å². The number of fused-ring (bicyclic) bond motifs is 1. The normalized spacial score (nSPS) is 25.1. The molecule has 0 aromatic heterocycles. The lowest BCUT2D eigenvalue weighted by atomic mass is 9.92. The van der Waals surface area contributed by atoms with Crippen LogP contribution in [-0.4, -0.2) is 74.1 Å². The summed E-state index contributed by atoms with van der Waals surface area (Å²) >= 11 is 0. The number of rotatable bonds is 3. The Hall–Kier alpha value is -1.01. The number of hydrogen-bond donors (Lipinski definition) is 1. The zero-order valence-electron chi connectivity index (χ0n) is 17.7. The first kappa shape index (κ1) is 24.3. The molecule has 1 N–H and O–H groups in total. The predicted octanol–water partition coefficient (Wildman–Crippen LogP) is 3.13. The summed E-state index contributed by atoms with van der Waals surface area (Å²) in [4.78, 5) is 20.0. The highest BCUT2D eigenvalue weighted by Crippen LogP contribution is 2.28. The fourth-order valence-electron chi connectivity index (χ4n) is 4.92. The first-order chi connectivity index (χ1) is 13.1. The Morgan fingerprint density at radius 2 is 1.45 bits per heavy atom. The molecular formula is C22H36Cl2N4O. The molecule has 0 spiro atoms. The van der Waals surface area contributed by atoms with Crippen molar-refractivity contribution in [3.05, 3.63) is 29.8 Å². The molecule has 3 saturated heterocycles. The number of halogens is 2. The standard InChI is InChI=1S/C22H34N4O.2ClH/c1-17(2)24-11-13-25(14-12-24)21-5-3-18(4-6-21)22(27)26-9-7-19-15-23-16-20(19)8-10-26;;/h3-6,17,19-20,23H,7-16H2,1-2H3;2*1H/t19-,20+;;. The third-order valence-electron chi connectivity index (χ3n) is 6.83. The number of nitrogens with one attached hydrogen (secondary N) is 1. The smallest absolute Gasteiger partial charge is 0.253 e. The summed E-state index contributed by atoms with van der Waals surface area (Å²) < 4.78 is 0. The molecule has 3 fully saturated rings. The molecule has 7 heteroatoms. The van der Waals surface area contributed by atoms with Crippen LogP contribution >= 0.6 is 24.8 Å². The molecule has 0 bridgehead atoms. The first-order valence-electron chi connectivity index (χ1n) is 10.7. The Labute approximate surface area is 188 Å². The molecule has 5 nitrogen and oxygen atoms in total. The maximum atomic E-state index is 13.0. The van der Waals surface area contributed by atoms with E-state index in [0.717, 1.165) is 82.6 Å². The second kappa shape index (κ2) is 10.9. The van der Waals surface area contributed by atoms with Crippen molar-refractivity contribution in [3.63, 3.8) is 0 Å². The Kier molecular flexibility index (Phi) is 9.08. The Morgan fingerprint density at radius 1 is 0.897 bits per heavy atom. The van der Waals surface area contributed by atoms with E-state index < -0.39 is 0 Å². The van der Waals surface area contributed by atoms with Crippen LogP contribution in [0.15, 0.2) is 24.3 Å². The average molecular weight is 443 g/mol. The topological polar surface area (TPSA) is 38.8 Å². The fourth-order valence-corrected chi connectivity index (χ4v) is 4.92. The largest absolute Gasteiger partial charge is 0.369 e. The van der Waals surface area contributed by atoms with Crippen LogP contribution in [0.2, 0.25) is 0 Å². The van der Waals surface area contributed by atoms with E-state index >= 15 is 0 Å². The van der Waals surface area contributed by atoms with Crippen molar-refractivity contribution in [2.45, 2.75) is 32.7 Å². The highest BCUT2D eigenvalue weighted by atomic mass is 35.5. The summed E-state index contributed by atoms with van der Waals surface area (Å²) in [7, 11) is 0. The zero-order chi connectivity index (χ0) is 18.8. The van der Waals surface area contributed by atoms with Crippen LogP contribution in [0.3, 0.4) is 0 Å². The van der Waals surface area contributed by atoms with Gasteiger partial charge in [0, 0.05) is 56.6 Å². The molecule has 0 saturated carbocycles. The number of nitrogens with zero attached hydrogens (tertiary/aromatic N) is 3. The second-order valence-corrected chi connectivity index (χ2v) is 8.71. The molecule has 1 aromatic carbocycles. The molecule has 3 heterocycles. The van der Waals surface area contributed by atoms with E-state index in [2.05, 4.69) is 46.0 Å². The van der Waals surface area contributed by atoms with Gasteiger partial charge in [-0.05, 0) is 75.9 Å². The maximum absolute atomic E-state index is 13.0. The molecule has 1 amide bonds. The minimum absolute atomic E-state index is 0.